The third kappa shape index (κ3) is 11.9. The number of rotatable bonds is 20. The molecule has 6 atom stereocenters. The zero-order valence-electron chi connectivity index (χ0n) is 37.8. The number of carbonyl (C=O) groups excluding carboxylic acids is 1. The van der Waals surface area contributed by atoms with E-state index >= 15 is 0 Å². The van der Waals surface area contributed by atoms with Crippen LogP contribution in [-0.2, 0) is 31.6 Å². The van der Waals surface area contributed by atoms with Gasteiger partial charge in [-0.25, -0.2) is 38.0 Å². The average Bonchev–Trinajstić information content (AvgIpc) is 3.79. The molecule has 1 aliphatic carbocycles. The fraction of sp³-hybridized carbons (Fsp3) is 0.366. The number of carboxylic acids is 1. The summed E-state index contributed by atoms with van der Waals surface area (Å²) in [5.74, 6) is -1.04. The van der Waals surface area contributed by atoms with E-state index in [-0.39, 0.29) is 34.1 Å². The molecule has 1 saturated heterocycles. The molecule has 1 amide bonds. The van der Waals surface area contributed by atoms with Crippen LogP contribution >= 0.6 is 23.5 Å². The molecule has 376 valence electrons. The lowest BCUT2D eigenvalue weighted by molar-refractivity contribution is -0.0493. The highest BCUT2D eigenvalue weighted by Gasteiger charge is 2.48. The highest BCUT2D eigenvalue weighted by Crippen LogP contribution is 2.66. The topological polar surface area (TPSA) is 377 Å². The summed E-state index contributed by atoms with van der Waals surface area (Å²) < 4.78 is 62.3. The molecule has 70 heavy (non-hydrogen) atoms. The smallest absolute Gasteiger partial charge is 0.478 e. The maximum absolute atomic E-state index is 13.4. The SMILES string of the molecule is CN(C)c1ccc2c(-c3ccc(C(=O)NCCCCCCNc4nc5c(N)ncnc5n4[C@@H]4O[C@H](COP(=O)(O)OP(=O)(O)OP(=O)(O)O)[C@@H](O)[C@H]4O)cc3C(=O)O)c3ccc(=[N+](C)C)cc-3oc2c1. The van der Waals surface area contributed by atoms with Crippen LogP contribution in [0.3, 0.4) is 0 Å². The number of aliphatic hydroxyl groups is 2. The van der Waals surface area contributed by atoms with E-state index in [0.29, 0.717) is 72.2 Å². The van der Waals surface area contributed by atoms with Gasteiger partial charge in [0.05, 0.1) is 18.2 Å². The van der Waals surface area contributed by atoms with Gasteiger partial charge in [-0.3, -0.25) is 13.9 Å². The van der Waals surface area contributed by atoms with Gasteiger partial charge in [0, 0.05) is 67.1 Å². The maximum atomic E-state index is 13.4. The number of nitrogens with zero attached hydrogens (tertiary/aromatic N) is 6. The van der Waals surface area contributed by atoms with Crippen molar-refractivity contribution < 1.29 is 80.5 Å². The van der Waals surface area contributed by atoms with Gasteiger partial charge >= 0.3 is 29.4 Å². The number of amides is 1. The number of ether oxygens (including phenoxy) is 1. The number of nitrogens with two attached hydrogens (primary N) is 1. The number of phosphoric acid groups is 3. The lowest BCUT2D eigenvalue weighted by Gasteiger charge is -2.20. The Hall–Kier alpha value is -5.69. The number of aromatic carboxylic acids is 1. The van der Waals surface area contributed by atoms with Gasteiger partial charge < -0.3 is 65.3 Å². The molecule has 2 aliphatic heterocycles. The second-order valence-corrected chi connectivity index (χ2v) is 20.9. The summed E-state index contributed by atoms with van der Waals surface area (Å²) >= 11 is 0. The molecule has 2 aromatic heterocycles. The molecule has 4 aromatic rings. The van der Waals surface area contributed by atoms with Gasteiger partial charge in [-0.05, 0) is 48.7 Å². The zero-order valence-corrected chi connectivity index (χ0v) is 40.5. The summed E-state index contributed by atoms with van der Waals surface area (Å²) in [6.45, 7) is -0.440. The van der Waals surface area contributed by atoms with E-state index in [1.165, 1.54) is 10.6 Å². The first-order chi connectivity index (χ1) is 32.9. The molecule has 4 heterocycles. The molecule has 3 aliphatic rings. The van der Waals surface area contributed by atoms with Crippen LogP contribution in [0.4, 0.5) is 17.5 Å². The fourth-order valence-electron chi connectivity index (χ4n) is 7.75. The molecule has 11 N–H and O–H groups in total. The Morgan fingerprint density at radius 1 is 0.886 bits per heavy atom. The quantitative estimate of drug-likeness (QED) is 0.0227. The van der Waals surface area contributed by atoms with Crippen LogP contribution in [0.5, 0.6) is 0 Å². The number of nitrogens with one attached hydrogen (secondary N) is 2. The van der Waals surface area contributed by atoms with Crippen LogP contribution in [-0.4, -0.2) is 132 Å². The van der Waals surface area contributed by atoms with E-state index in [2.05, 4.69) is 38.7 Å². The van der Waals surface area contributed by atoms with Gasteiger partial charge in [0.2, 0.25) is 11.3 Å². The minimum atomic E-state index is -5.82. The first kappa shape index (κ1) is 52.1. The normalized spacial score (nSPS) is 19.0. The Labute approximate surface area is 397 Å². The van der Waals surface area contributed by atoms with E-state index in [1.54, 1.807) is 12.1 Å². The molecular formula is C41H51N9O17P3+. The number of unbranched alkanes of at least 4 members (excludes halogenated alkanes) is 3. The standard InChI is InChI=1S/C41H50N9O17P3/c1-48(2)23-10-13-26-29(18-23)64-30-19-24(49(3)4)11-14-27(30)32(26)25-12-9-22(17-28(25)40(54)55)38(53)43-15-7-5-6-8-16-44-41-47-33-36(42)45-21-46-37(33)50(41)39-35(52)34(51)31(65-39)20-63-69(59,60)67-70(61,62)66-68(56,57)58/h9-14,17-19,21,31,34-35,39,42-43,51-52H,5-8,15-16,20H2,1-4H3,(H6,53,54,55,56,57,58,59,60,61,62)/p+1/t31-,34-,35-,39-/m1/s1. The van der Waals surface area contributed by atoms with Crippen molar-refractivity contribution in [2.75, 3.05) is 63.8 Å². The van der Waals surface area contributed by atoms with E-state index < -0.39 is 66.5 Å². The third-order valence-electron chi connectivity index (χ3n) is 11.1. The Morgan fingerprint density at radius 2 is 1.60 bits per heavy atom. The van der Waals surface area contributed by atoms with Crippen molar-refractivity contribution >= 4 is 74.9 Å². The predicted octanol–water partition coefficient (Wildman–Crippen LogP) is 3.09. The zero-order chi connectivity index (χ0) is 50.9. The minimum Gasteiger partial charge on any atom is -0.478 e. The Kier molecular flexibility index (Phi) is 15.6. The van der Waals surface area contributed by atoms with Gasteiger partial charge in [0.25, 0.3) is 5.91 Å². The van der Waals surface area contributed by atoms with Gasteiger partial charge in [-0.2, -0.15) is 8.62 Å². The number of carboxylic acid groups (broad SMARTS) is 1. The Morgan fingerprint density at radius 3 is 2.29 bits per heavy atom. The van der Waals surface area contributed by atoms with Crippen molar-refractivity contribution in [1.82, 2.24) is 29.4 Å². The number of hydrogen-bond donors (Lipinski definition) is 10. The number of benzene rings is 3. The summed E-state index contributed by atoms with van der Waals surface area (Å²) in [5.41, 5.74) is 9.57. The van der Waals surface area contributed by atoms with Crippen LogP contribution in [0.15, 0.2) is 65.3 Å². The summed E-state index contributed by atoms with van der Waals surface area (Å²) in [4.78, 5) is 77.5. The number of aliphatic hydroxyl groups excluding tert-OH is 2. The first-order valence-corrected chi connectivity index (χ1v) is 25.8. The molecule has 2 unspecified atom stereocenters. The molecule has 26 nitrogen and oxygen atoms in total. The molecule has 7 rings (SSSR count). The van der Waals surface area contributed by atoms with Crippen LogP contribution in [0.2, 0.25) is 0 Å². The summed E-state index contributed by atoms with van der Waals surface area (Å²) in [7, 11) is -9.40. The van der Waals surface area contributed by atoms with Crippen LogP contribution < -0.4 is 31.2 Å². The number of aromatic nitrogens is 4. The number of imidazole rings is 1. The number of nitrogen functional groups attached to an aromatic ring is 1. The molecule has 0 saturated carbocycles. The van der Waals surface area contributed by atoms with E-state index in [0.717, 1.165) is 17.4 Å². The van der Waals surface area contributed by atoms with Crippen molar-refractivity contribution in [1.29, 1.82) is 0 Å². The summed E-state index contributed by atoms with van der Waals surface area (Å²) in [5, 5.41) is 39.8. The largest absolute Gasteiger partial charge is 0.490 e. The van der Waals surface area contributed by atoms with Crippen molar-refractivity contribution in [3.05, 3.63) is 77.4 Å². The average molecular weight is 1030 g/mol. The third-order valence-corrected chi connectivity index (χ3v) is 14.9. The number of anilines is 3. The second kappa shape index (κ2) is 21.0. The number of hydrogen-bond acceptors (Lipinski definition) is 18. The van der Waals surface area contributed by atoms with E-state index in [1.807, 2.05) is 74.1 Å². The molecule has 1 fully saturated rings. The molecule has 0 spiro atoms. The Balaban J connectivity index is 0.961. The second-order valence-electron chi connectivity index (χ2n) is 16.5. The number of fused-ring (bicyclic) bond motifs is 3. The molecule has 0 radical (unpaired) electrons. The number of phosphoric ester groups is 1. The summed E-state index contributed by atoms with van der Waals surface area (Å²) in [6.07, 6.45) is -2.99. The van der Waals surface area contributed by atoms with Crippen LogP contribution in [0, 0.1) is 0 Å². The van der Waals surface area contributed by atoms with Gasteiger partial charge in [0.15, 0.2) is 23.2 Å². The molecular weight excluding hydrogens is 983 g/mol. The maximum Gasteiger partial charge on any atom is 0.490 e. The minimum absolute atomic E-state index is 0.0337. The van der Waals surface area contributed by atoms with E-state index in [4.69, 9.17) is 24.7 Å². The Bertz CT molecular complexity index is 3140. The fourth-order valence-corrected chi connectivity index (χ4v) is 10.8. The van der Waals surface area contributed by atoms with Gasteiger partial charge in [-0.15, -0.1) is 0 Å². The first-order valence-electron chi connectivity index (χ1n) is 21.3. The van der Waals surface area contributed by atoms with E-state index in [9.17, 15) is 48.4 Å². The van der Waals surface area contributed by atoms with Crippen LogP contribution in [0.25, 0.3) is 44.6 Å². The monoisotopic (exact) mass is 1030 g/mol. The lowest BCUT2D eigenvalue weighted by atomic mass is 9.89. The molecule has 0 bridgehead atoms. The van der Waals surface area contributed by atoms with Gasteiger partial charge in [-0.1, -0.05) is 18.9 Å². The lowest BCUT2D eigenvalue weighted by Crippen LogP contribution is -2.33. The highest BCUT2D eigenvalue weighted by atomic mass is 31.3. The van der Waals surface area contributed by atoms with Crippen molar-refractivity contribution in [3.8, 4) is 22.5 Å². The van der Waals surface area contributed by atoms with Gasteiger partial charge in [0.1, 0.15) is 50.1 Å². The predicted molar refractivity (Wildman–Crippen MR) is 251 cm³/mol. The van der Waals surface area contributed by atoms with Crippen molar-refractivity contribution in [2.45, 2.75) is 50.2 Å². The highest BCUT2D eigenvalue weighted by molar-refractivity contribution is 7.66. The van der Waals surface area contributed by atoms with Crippen molar-refractivity contribution in [2.24, 2.45) is 0 Å². The van der Waals surface area contributed by atoms with Crippen molar-refractivity contribution in [3.63, 3.8) is 0 Å². The molecule has 2 aromatic carbocycles. The molecule has 29 heteroatoms. The number of carbonyl (C=O) groups is 2. The summed E-state index contributed by atoms with van der Waals surface area (Å²) in [6, 6.07) is 16.1. The van der Waals surface area contributed by atoms with Crippen LogP contribution in [0.1, 0.15) is 52.6 Å².